The molecule has 0 N–H and O–H groups in total. The van der Waals surface area contributed by atoms with Crippen LogP contribution < -0.4 is 0 Å². The van der Waals surface area contributed by atoms with Crippen molar-refractivity contribution in [2.45, 2.75) is 0 Å². The van der Waals surface area contributed by atoms with Crippen LogP contribution in [0.1, 0.15) is 0 Å². The lowest BCUT2D eigenvalue weighted by molar-refractivity contribution is -0.120. The Bertz CT molecular complexity index is 277. The third-order valence-electron chi connectivity index (χ3n) is 1.18. The highest BCUT2D eigenvalue weighted by molar-refractivity contribution is 7.88. The maximum atomic E-state index is 10.7. The van der Waals surface area contributed by atoms with Crippen LogP contribution in [0.15, 0.2) is 12.2 Å². The number of sulfonamides is 1. The maximum absolute atomic E-state index is 10.7. The first-order valence-corrected chi connectivity index (χ1v) is 4.55. The fourth-order valence-electron chi connectivity index (χ4n) is 0.721. The van der Waals surface area contributed by atoms with E-state index in [1.165, 1.54) is 12.2 Å². The van der Waals surface area contributed by atoms with Crippen molar-refractivity contribution in [3.8, 4) is 0 Å². The number of nitrogens with zero attached hydrogens (tertiary/aromatic N) is 1. The van der Waals surface area contributed by atoms with Gasteiger partial charge in [-0.15, -0.1) is 0 Å². The van der Waals surface area contributed by atoms with Gasteiger partial charge < -0.3 is 0 Å². The third kappa shape index (κ3) is 1.18. The van der Waals surface area contributed by atoms with Gasteiger partial charge in [0.1, 0.15) is 0 Å². The van der Waals surface area contributed by atoms with E-state index in [4.69, 9.17) is 0 Å². The van der Waals surface area contributed by atoms with Gasteiger partial charge in [-0.25, -0.2) is 12.7 Å². The highest BCUT2D eigenvalue weighted by atomic mass is 32.2. The molecule has 0 aliphatic carbocycles. The highest BCUT2D eigenvalue weighted by Gasteiger charge is 2.23. The van der Waals surface area contributed by atoms with Crippen molar-refractivity contribution in [3.05, 3.63) is 12.2 Å². The SMILES string of the molecule is CS(=O)(=O)N1CC=CC1=O. The minimum absolute atomic E-state index is 0.178. The van der Waals surface area contributed by atoms with Crippen LogP contribution in [0.5, 0.6) is 0 Å². The summed E-state index contributed by atoms with van der Waals surface area (Å²) in [5.74, 6) is -0.456. The molecule has 56 valence electrons. The van der Waals surface area contributed by atoms with Crippen LogP contribution in [0.4, 0.5) is 0 Å². The van der Waals surface area contributed by atoms with Gasteiger partial charge in [-0.3, -0.25) is 4.79 Å². The fraction of sp³-hybridized carbons (Fsp3) is 0.400. The zero-order valence-electron chi connectivity index (χ0n) is 5.44. The summed E-state index contributed by atoms with van der Waals surface area (Å²) in [6, 6.07) is 0. The molecule has 0 radical (unpaired) electrons. The van der Waals surface area contributed by atoms with Gasteiger partial charge in [0.05, 0.1) is 12.8 Å². The first kappa shape index (κ1) is 7.27. The number of carbonyl (C=O) groups excluding carboxylic acids is 1. The van der Waals surface area contributed by atoms with E-state index in [2.05, 4.69) is 0 Å². The normalized spacial score (nSPS) is 18.5. The number of carbonyl (C=O) groups is 1. The van der Waals surface area contributed by atoms with Gasteiger partial charge in [0.2, 0.25) is 10.0 Å². The zero-order valence-corrected chi connectivity index (χ0v) is 6.26. The van der Waals surface area contributed by atoms with Gasteiger partial charge in [-0.1, -0.05) is 6.08 Å². The summed E-state index contributed by atoms with van der Waals surface area (Å²) >= 11 is 0. The Morgan fingerprint density at radius 2 is 2.20 bits per heavy atom. The molecule has 10 heavy (non-hydrogen) atoms. The van der Waals surface area contributed by atoms with E-state index < -0.39 is 15.9 Å². The van der Waals surface area contributed by atoms with Gasteiger partial charge in [-0.05, 0) is 0 Å². The predicted molar refractivity (Wildman–Crippen MR) is 35.7 cm³/mol. The van der Waals surface area contributed by atoms with Crippen LogP contribution in [0.25, 0.3) is 0 Å². The molecule has 1 rings (SSSR count). The zero-order chi connectivity index (χ0) is 7.78. The highest BCUT2D eigenvalue weighted by Crippen LogP contribution is 2.05. The van der Waals surface area contributed by atoms with Gasteiger partial charge in [0, 0.05) is 6.08 Å². The molecule has 1 aliphatic rings. The molecular weight excluding hydrogens is 154 g/mol. The van der Waals surface area contributed by atoms with E-state index >= 15 is 0 Å². The lowest BCUT2D eigenvalue weighted by Crippen LogP contribution is -2.31. The summed E-state index contributed by atoms with van der Waals surface area (Å²) in [5, 5.41) is 0. The minimum atomic E-state index is -3.33. The van der Waals surface area contributed by atoms with E-state index in [0.717, 1.165) is 10.6 Å². The average molecular weight is 161 g/mol. The summed E-state index contributed by atoms with van der Waals surface area (Å²) in [7, 11) is -3.33. The second-order valence-corrected chi connectivity index (χ2v) is 3.94. The standard InChI is InChI=1S/C5H7NO3S/c1-10(8,9)6-4-2-3-5(6)7/h2-3H,4H2,1H3. The summed E-state index contributed by atoms with van der Waals surface area (Å²) in [6.07, 6.45) is 3.78. The summed E-state index contributed by atoms with van der Waals surface area (Å²) in [4.78, 5) is 10.7. The van der Waals surface area contributed by atoms with Crippen LogP contribution in [0.3, 0.4) is 0 Å². The number of rotatable bonds is 1. The molecule has 1 amide bonds. The Labute approximate surface area is 59.2 Å². The molecule has 0 aromatic rings. The number of hydrogen-bond acceptors (Lipinski definition) is 3. The first-order valence-electron chi connectivity index (χ1n) is 2.70. The van der Waals surface area contributed by atoms with Crippen LogP contribution in [-0.4, -0.2) is 31.4 Å². The molecule has 4 nitrogen and oxygen atoms in total. The van der Waals surface area contributed by atoms with Crippen molar-refractivity contribution >= 4 is 15.9 Å². The van der Waals surface area contributed by atoms with Crippen molar-refractivity contribution in [3.63, 3.8) is 0 Å². The van der Waals surface area contributed by atoms with Crippen molar-refractivity contribution in [1.82, 2.24) is 4.31 Å². The van der Waals surface area contributed by atoms with Gasteiger partial charge in [-0.2, -0.15) is 0 Å². The second-order valence-electron chi connectivity index (χ2n) is 2.03. The molecule has 1 heterocycles. The Hall–Kier alpha value is -0.840. The average Bonchev–Trinajstić information content (AvgIpc) is 2.11. The molecule has 0 saturated heterocycles. The molecule has 0 saturated carbocycles. The van der Waals surface area contributed by atoms with E-state index in [1.807, 2.05) is 0 Å². The van der Waals surface area contributed by atoms with Crippen LogP contribution in [-0.2, 0) is 14.8 Å². The fourth-order valence-corrected chi connectivity index (χ4v) is 1.47. The van der Waals surface area contributed by atoms with Crippen molar-refractivity contribution < 1.29 is 13.2 Å². The van der Waals surface area contributed by atoms with E-state index in [-0.39, 0.29) is 6.54 Å². The largest absolute Gasteiger partial charge is 0.269 e. The topological polar surface area (TPSA) is 54.5 Å². The molecule has 0 atom stereocenters. The molecular formula is C5H7NO3S. The lowest BCUT2D eigenvalue weighted by Gasteiger charge is -2.10. The number of amides is 1. The maximum Gasteiger partial charge on any atom is 0.260 e. The quantitative estimate of drug-likeness (QED) is 0.513. The lowest BCUT2D eigenvalue weighted by atomic mass is 10.6. The molecule has 0 spiro atoms. The van der Waals surface area contributed by atoms with Crippen LogP contribution in [0, 0.1) is 0 Å². The summed E-state index contributed by atoms with van der Waals surface area (Å²) < 4.78 is 22.2. The van der Waals surface area contributed by atoms with Crippen LogP contribution in [0.2, 0.25) is 0 Å². The molecule has 0 aromatic heterocycles. The van der Waals surface area contributed by atoms with Gasteiger partial charge >= 0.3 is 0 Å². The summed E-state index contributed by atoms with van der Waals surface area (Å²) in [6.45, 7) is 0.178. The predicted octanol–water partition coefficient (Wildman–Crippen LogP) is -0.656. The van der Waals surface area contributed by atoms with Crippen molar-refractivity contribution in [1.29, 1.82) is 0 Å². The second kappa shape index (κ2) is 2.09. The summed E-state index contributed by atoms with van der Waals surface area (Å²) in [5.41, 5.74) is 0. The van der Waals surface area contributed by atoms with Crippen molar-refractivity contribution in [2.75, 3.05) is 12.8 Å². The third-order valence-corrected chi connectivity index (χ3v) is 2.31. The molecule has 0 fully saturated rings. The van der Waals surface area contributed by atoms with Crippen LogP contribution >= 0.6 is 0 Å². The molecule has 0 bridgehead atoms. The first-order chi connectivity index (χ1) is 4.52. The van der Waals surface area contributed by atoms with E-state index in [0.29, 0.717) is 0 Å². The Kier molecular flexibility index (Phi) is 1.52. The van der Waals surface area contributed by atoms with E-state index in [9.17, 15) is 13.2 Å². The Balaban J connectivity index is 2.90. The molecule has 1 aliphatic heterocycles. The number of hydrogen-bond donors (Lipinski definition) is 0. The Morgan fingerprint density at radius 1 is 1.60 bits per heavy atom. The van der Waals surface area contributed by atoms with Gasteiger partial charge in [0.15, 0.2) is 0 Å². The minimum Gasteiger partial charge on any atom is -0.269 e. The Morgan fingerprint density at radius 3 is 2.40 bits per heavy atom. The molecule has 5 heteroatoms. The van der Waals surface area contributed by atoms with Gasteiger partial charge in [0.25, 0.3) is 5.91 Å². The smallest absolute Gasteiger partial charge is 0.260 e. The van der Waals surface area contributed by atoms with Crippen molar-refractivity contribution in [2.24, 2.45) is 0 Å². The molecule has 0 aromatic carbocycles. The monoisotopic (exact) mass is 161 g/mol. The molecule has 0 unspecified atom stereocenters. The van der Waals surface area contributed by atoms with E-state index in [1.54, 1.807) is 0 Å².